The first kappa shape index (κ1) is 30.2. The number of methoxy groups -OCH3 is 1. The zero-order chi connectivity index (χ0) is 24.2. The van der Waals surface area contributed by atoms with Gasteiger partial charge in [-0.2, -0.15) is 4.31 Å². The highest BCUT2D eigenvalue weighted by atomic mass is 31.3. The Bertz CT molecular complexity index is 768. The molecule has 10 heteroatoms. The van der Waals surface area contributed by atoms with Crippen LogP contribution in [0.2, 0.25) is 0 Å². The molecule has 3 unspecified atom stereocenters. The summed E-state index contributed by atoms with van der Waals surface area (Å²) < 4.78 is 37.8. The molecule has 3 N–H and O–H groups in total. The number of ether oxygens (including phenoxy) is 1. The van der Waals surface area contributed by atoms with Crippen LogP contribution in [0.5, 0.6) is 0 Å². The van der Waals surface area contributed by atoms with E-state index in [-0.39, 0.29) is 0 Å². The molecule has 0 aliphatic heterocycles. The molecular formula is C21H38O8P2. The Labute approximate surface area is 186 Å². The molecule has 180 valence electrons. The Morgan fingerprint density at radius 2 is 1.23 bits per heavy atom. The van der Waals surface area contributed by atoms with Crippen LogP contribution in [0.25, 0.3) is 0 Å². The largest absolute Gasteiger partial charge is 0.481 e. The maximum absolute atomic E-state index is 12.2. The summed E-state index contributed by atoms with van der Waals surface area (Å²) >= 11 is 0. The molecule has 0 aromatic heterocycles. The molecule has 0 aliphatic carbocycles. The Kier molecular flexibility index (Phi) is 14.0. The van der Waals surface area contributed by atoms with Gasteiger partial charge in [-0.3, -0.25) is 4.52 Å². The van der Waals surface area contributed by atoms with Crippen LogP contribution in [0, 0.1) is 0 Å². The predicted molar refractivity (Wildman–Crippen MR) is 123 cm³/mol. The van der Waals surface area contributed by atoms with Crippen molar-refractivity contribution in [2.75, 3.05) is 7.11 Å². The van der Waals surface area contributed by atoms with E-state index in [2.05, 4.69) is 16.5 Å². The zero-order valence-electron chi connectivity index (χ0n) is 19.6. The van der Waals surface area contributed by atoms with E-state index in [0.29, 0.717) is 6.42 Å². The topological polar surface area (TPSA) is 123 Å². The van der Waals surface area contributed by atoms with Crippen LogP contribution < -0.4 is 0 Å². The van der Waals surface area contributed by atoms with Crippen molar-refractivity contribution >= 4 is 15.6 Å². The summed E-state index contributed by atoms with van der Waals surface area (Å²) in [4.78, 5) is 27.7. The molecule has 8 nitrogen and oxygen atoms in total. The monoisotopic (exact) mass is 480 g/mol. The molecule has 0 aromatic carbocycles. The van der Waals surface area contributed by atoms with Crippen LogP contribution in [0.4, 0.5) is 0 Å². The number of phosphoric acid groups is 2. The summed E-state index contributed by atoms with van der Waals surface area (Å²) in [6, 6.07) is 0. The molecule has 3 atom stereocenters. The van der Waals surface area contributed by atoms with Gasteiger partial charge in [-0.05, 0) is 67.2 Å². The molecule has 0 fully saturated rings. The van der Waals surface area contributed by atoms with E-state index in [1.165, 1.54) is 18.3 Å². The van der Waals surface area contributed by atoms with Crippen LogP contribution in [0.1, 0.15) is 67.2 Å². The van der Waals surface area contributed by atoms with Gasteiger partial charge < -0.3 is 19.4 Å². The van der Waals surface area contributed by atoms with Crippen molar-refractivity contribution in [1.82, 2.24) is 0 Å². The SMILES string of the molecule is COC(C=C(C)CCC=C(C)C)C(C=C(C)CCC=C(C)C)OP(=O)(O)OP(=O)(O)O. The minimum absolute atomic E-state index is 0.680. The fraction of sp³-hybridized carbons (Fsp3) is 0.619. The third kappa shape index (κ3) is 16.5. The summed E-state index contributed by atoms with van der Waals surface area (Å²) in [5.41, 5.74) is 4.25. The summed E-state index contributed by atoms with van der Waals surface area (Å²) in [5.74, 6) is 0. The lowest BCUT2D eigenvalue weighted by molar-refractivity contribution is 0.0373. The average molecular weight is 480 g/mol. The minimum atomic E-state index is -5.23. The molecule has 0 aliphatic rings. The lowest BCUT2D eigenvalue weighted by Crippen LogP contribution is -2.27. The number of allylic oxidation sites excluding steroid dienone is 6. The summed E-state index contributed by atoms with van der Waals surface area (Å²) in [7, 11) is -8.85. The van der Waals surface area contributed by atoms with Crippen LogP contribution >= 0.6 is 15.6 Å². The van der Waals surface area contributed by atoms with Gasteiger partial charge in [-0.1, -0.05) is 46.6 Å². The van der Waals surface area contributed by atoms with Gasteiger partial charge in [-0.25, -0.2) is 9.13 Å². The van der Waals surface area contributed by atoms with Crippen LogP contribution in [-0.2, 0) is 22.7 Å². The van der Waals surface area contributed by atoms with Crippen molar-refractivity contribution in [1.29, 1.82) is 0 Å². The van der Waals surface area contributed by atoms with Crippen LogP contribution in [-0.4, -0.2) is 34.0 Å². The fourth-order valence-corrected chi connectivity index (χ4v) is 4.41. The van der Waals surface area contributed by atoms with E-state index in [9.17, 15) is 14.0 Å². The number of rotatable bonds is 14. The van der Waals surface area contributed by atoms with Crippen molar-refractivity contribution in [2.24, 2.45) is 0 Å². The smallest absolute Gasteiger partial charge is 0.374 e. The first-order chi connectivity index (χ1) is 14.1. The highest BCUT2D eigenvalue weighted by Crippen LogP contribution is 2.58. The second-order valence-corrected chi connectivity index (χ2v) is 10.8. The Morgan fingerprint density at radius 3 is 1.58 bits per heavy atom. The number of phosphoric ester groups is 1. The maximum Gasteiger partial charge on any atom is 0.481 e. The molecule has 0 heterocycles. The van der Waals surface area contributed by atoms with Crippen molar-refractivity contribution in [3.63, 3.8) is 0 Å². The Hall–Kier alpha value is -0.820. The van der Waals surface area contributed by atoms with Crippen LogP contribution in [0.3, 0.4) is 0 Å². The third-order valence-electron chi connectivity index (χ3n) is 4.14. The molecule has 0 amide bonds. The van der Waals surface area contributed by atoms with E-state index >= 15 is 0 Å². The summed E-state index contributed by atoms with van der Waals surface area (Å²) in [6.45, 7) is 11.8. The number of hydrogen-bond donors (Lipinski definition) is 3. The second-order valence-electron chi connectivity index (χ2n) is 7.98. The number of hydrogen-bond acceptors (Lipinski definition) is 5. The van der Waals surface area contributed by atoms with E-state index in [0.717, 1.165) is 30.4 Å². The van der Waals surface area contributed by atoms with E-state index < -0.39 is 27.9 Å². The first-order valence-corrected chi connectivity index (χ1v) is 13.1. The quantitative estimate of drug-likeness (QED) is 0.205. The third-order valence-corrected chi connectivity index (χ3v) is 6.33. The van der Waals surface area contributed by atoms with Gasteiger partial charge in [0.2, 0.25) is 0 Å². The van der Waals surface area contributed by atoms with E-state index in [4.69, 9.17) is 19.0 Å². The van der Waals surface area contributed by atoms with Crippen molar-refractivity contribution in [3.8, 4) is 0 Å². The van der Waals surface area contributed by atoms with Gasteiger partial charge in [0.25, 0.3) is 0 Å². The van der Waals surface area contributed by atoms with E-state index in [1.54, 1.807) is 12.2 Å². The Balaban J connectivity index is 5.73. The zero-order valence-corrected chi connectivity index (χ0v) is 21.4. The molecule has 0 spiro atoms. The maximum atomic E-state index is 12.2. The highest BCUT2D eigenvalue weighted by molar-refractivity contribution is 7.60. The lowest BCUT2D eigenvalue weighted by Gasteiger charge is -2.24. The molecule has 0 saturated carbocycles. The molecular weight excluding hydrogens is 442 g/mol. The average Bonchev–Trinajstić information content (AvgIpc) is 2.55. The molecule has 31 heavy (non-hydrogen) atoms. The van der Waals surface area contributed by atoms with Gasteiger partial charge in [0.15, 0.2) is 0 Å². The van der Waals surface area contributed by atoms with Gasteiger partial charge in [0.05, 0.1) is 0 Å². The minimum Gasteiger partial charge on any atom is -0.374 e. The fourth-order valence-electron chi connectivity index (χ4n) is 2.69. The van der Waals surface area contributed by atoms with Gasteiger partial charge in [0.1, 0.15) is 12.2 Å². The molecule has 0 aromatic rings. The summed E-state index contributed by atoms with van der Waals surface area (Å²) in [5, 5.41) is 0. The molecule has 0 radical (unpaired) electrons. The normalized spacial score (nSPS) is 17.0. The predicted octanol–water partition coefficient (Wildman–Crippen LogP) is 5.98. The standard InChI is InChI=1S/C21H38O8P2/c1-16(2)10-8-12-18(5)14-20(27-7)21(15-19(6)13-9-11-17(3)4)28-31(25,26)29-30(22,23)24/h10-11,14-15,20-21H,8-9,12-13H2,1-7H3,(H,25,26)(H2,22,23,24). The highest BCUT2D eigenvalue weighted by Gasteiger charge is 2.36. The van der Waals surface area contributed by atoms with Gasteiger partial charge >= 0.3 is 15.6 Å². The van der Waals surface area contributed by atoms with Crippen LogP contribution in [0.15, 0.2) is 46.6 Å². The molecule has 0 rings (SSSR count). The van der Waals surface area contributed by atoms with Crippen molar-refractivity contribution < 1.29 is 37.4 Å². The van der Waals surface area contributed by atoms with Gasteiger partial charge in [-0.15, -0.1) is 0 Å². The first-order valence-electron chi connectivity index (χ1n) is 10.1. The molecule has 0 saturated heterocycles. The van der Waals surface area contributed by atoms with Crippen molar-refractivity contribution in [3.05, 3.63) is 46.6 Å². The Morgan fingerprint density at radius 1 is 0.806 bits per heavy atom. The second kappa shape index (κ2) is 14.4. The van der Waals surface area contributed by atoms with Gasteiger partial charge in [0, 0.05) is 7.11 Å². The summed E-state index contributed by atoms with van der Waals surface area (Å²) in [6.07, 6.45) is 8.80. The van der Waals surface area contributed by atoms with Crippen molar-refractivity contribution in [2.45, 2.75) is 79.4 Å². The molecule has 0 bridgehead atoms. The van der Waals surface area contributed by atoms with E-state index in [1.807, 2.05) is 41.5 Å². The lowest BCUT2D eigenvalue weighted by atomic mass is 10.0.